The minimum absolute atomic E-state index is 0.00358. The molecular formula is C8H12N6O3S. The van der Waals surface area contributed by atoms with Crippen LogP contribution in [0.5, 0.6) is 0 Å². The third-order valence-electron chi connectivity index (χ3n) is 2.12. The summed E-state index contributed by atoms with van der Waals surface area (Å²) >= 11 is 0. The van der Waals surface area contributed by atoms with Crippen LogP contribution >= 0.6 is 0 Å². The number of sulfonamides is 1. The molecule has 0 atom stereocenters. The second kappa shape index (κ2) is 4.74. The van der Waals surface area contributed by atoms with Gasteiger partial charge < -0.3 is 10.3 Å². The predicted molar refractivity (Wildman–Crippen MR) is 60.9 cm³/mol. The normalized spacial score (nSPS) is 11.8. The van der Waals surface area contributed by atoms with Crippen molar-refractivity contribution in [3.63, 3.8) is 0 Å². The lowest BCUT2D eigenvalue weighted by Gasteiger charge is -2.03. The summed E-state index contributed by atoms with van der Waals surface area (Å²) in [6.07, 6.45) is 1.45. The van der Waals surface area contributed by atoms with Crippen LogP contribution in [0, 0.1) is 6.92 Å². The average molecular weight is 272 g/mol. The van der Waals surface area contributed by atoms with Crippen molar-refractivity contribution < 1.29 is 12.9 Å². The van der Waals surface area contributed by atoms with E-state index in [1.807, 2.05) is 0 Å². The molecule has 0 aliphatic heterocycles. The summed E-state index contributed by atoms with van der Waals surface area (Å²) in [5.41, 5.74) is 5.43. The van der Waals surface area contributed by atoms with Crippen molar-refractivity contribution in [2.24, 2.45) is 0 Å². The topological polar surface area (TPSA) is 140 Å². The van der Waals surface area contributed by atoms with Gasteiger partial charge in [0.15, 0.2) is 5.82 Å². The first-order valence-electron chi connectivity index (χ1n) is 5.07. The van der Waals surface area contributed by atoms with Crippen molar-refractivity contribution in [3.05, 3.63) is 17.9 Å². The number of hydrogen-bond acceptors (Lipinski definition) is 7. The molecule has 0 aliphatic rings. The van der Waals surface area contributed by atoms with E-state index in [4.69, 9.17) is 10.3 Å². The number of rotatable bonds is 5. The third kappa shape index (κ3) is 2.65. The molecule has 0 saturated heterocycles. The smallest absolute Gasteiger partial charge is 0.245 e. The molecule has 10 heteroatoms. The molecule has 2 aromatic heterocycles. The standard InChI is InChI=1S/C8H12N6O3S/c1-5-12-7(17-14-5)2-3-11-18(15,16)6-4-10-13-8(6)9/h4,11H,2-3H2,1H3,(H3,9,10,13). The monoisotopic (exact) mass is 272 g/mol. The fourth-order valence-electron chi connectivity index (χ4n) is 1.31. The molecule has 0 saturated carbocycles. The molecule has 0 spiro atoms. The van der Waals surface area contributed by atoms with E-state index in [0.717, 1.165) is 6.20 Å². The predicted octanol–water partition coefficient (Wildman–Crippen LogP) is -0.796. The maximum absolute atomic E-state index is 11.8. The number of nitrogens with one attached hydrogen (secondary N) is 2. The highest BCUT2D eigenvalue weighted by molar-refractivity contribution is 7.89. The molecule has 18 heavy (non-hydrogen) atoms. The number of nitrogen functional groups attached to an aromatic ring is 1. The second-order valence-electron chi connectivity index (χ2n) is 3.53. The Morgan fingerprint density at radius 3 is 2.89 bits per heavy atom. The summed E-state index contributed by atoms with van der Waals surface area (Å²) in [5, 5.41) is 9.50. The van der Waals surface area contributed by atoms with Crippen molar-refractivity contribution in [1.82, 2.24) is 25.1 Å². The van der Waals surface area contributed by atoms with Crippen LogP contribution in [0.25, 0.3) is 0 Å². The Labute approximate surface area is 103 Å². The van der Waals surface area contributed by atoms with Crippen molar-refractivity contribution >= 4 is 15.8 Å². The number of nitrogens with zero attached hydrogens (tertiary/aromatic N) is 3. The summed E-state index contributed by atoms with van der Waals surface area (Å²) in [4.78, 5) is 3.88. The van der Waals surface area contributed by atoms with Gasteiger partial charge in [-0.1, -0.05) is 5.16 Å². The van der Waals surface area contributed by atoms with Crippen molar-refractivity contribution in [2.45, 2.75) is 18.2 Å². The number of anilines is 1. The van der Waals surface area contributed by atoms with Crippen molar-refractivity contribution in [1.29, 1.82) is 0 Å². The molecule has 0 radical (unpaired) electrons. The van der Waals surface area contributed by atoms with Crippen molar-refractivity contribution in [3.8, 4) is 0 Å². The van der Waals surface area contributed by atoms with E-state index in [9.17, 15) is 8.42 Å². The van der Waals surface area contributed by atoms with Gasteiger partial charge >= 0.3 is 0 Å². The molecule has 0 fully saturated rings. The first-order chi connectivity index (χ1) is 8.49. The molecule has 0 aromatic carbocycles. The maximum Gasteiger partial charge on any atom is 0.245 e. The van der Waals surface area contributed by atoms with Crippen LogP contribution in [0.4, 0.5) is 5.82 Å². The van der Waals surface area contributed by atoms with E-state index in [1.54, 1.807) is 6.92 Å². The summed E-state index contributed by atoms with van der Waals surface area (Å²) < 4.78 is 30.8. The fourth-order valence-corrected chi connectivity index (χ4v) is 2.36. The van der Waals surface area contributed by atoms with Gasteiger partial charge in [-0.15, -0.1) is 0 Å². The Morgan fingerprint density at radius 2 is 2.33 bits per heavy atom. The first kappa shape index (κ1) is 12.5. The number of aromatic nitrogens is 4. The Hall–Kier alpha value is -1.94. The van der Waals surface area contributed by atoms with Gasteiger partial charge in [-0.05, 0) is 6.92 Å². The van der Waals surface area contributed by atoms with E-state index < -0.39 is 10.0 Å². The molecule has 2 aromatic rings. The minimum Gasteiger partial charge on any atom is -0.383 e. The van der Waals surface area contributed by atoms with Gasteiger partial charge in [0.1, 0.15) is 10.7 Å². The molecule has 0 bridgehead atoms. The zero-order chi connectivity index (χ0) is 13.2. The second-order valence-corrected chi connectivity index (χ2v) is 5.27. The lowest BCUT2D eigenvalue weighted by Crippen LogP contribution is -2.26. The molecule has 98 valence electrons. The first-order valence-corrected chi connectivity index (χ1v) is 6.55. The number of nitrogens with two attached hydrogens (primary N) is 1. The Kier molecular flexibility index (Phi) is 3.30. The number of H-pyrrole nitrogens is 1. The summed E-state index contributed by atoms with van der Waals surface area (Å²) in [5.74, 6) is 0.874. The summed E-state index contributed by atoms with van der Waals surface area (Å²) in [7, 11) is -3.67. The number of aromatic amines is 1. The SMILES string of the molecule is Cc1noc(CCNS(=O)(=O)c2cn[nH]c2N)n1. The summed E-state index contributed by atoms with van der Waals surface area (Å²) in [6.45, 7) is 1.82. The Balaban J connectivity index is 1.96. The molecule has 4 N–H and O–H groups in total. The maximum atomic E-state index is 11.8. The Bertz CT molecular complexity index is 631. The highest BCUT2D eigenvalue weighted by Gasteiger charge is 2.18. The quantitative estimate of drug-likeness (QED) is 0.647. The molecule has 0 unspecified atom stereocenters. The van der Waals surface area contributed by atoms with E-state index in [1.165, 1.54) is 0 Å². The molecule has 2 rings (SSSR count). The van der Waals surface area contributed by atoms with Crippen LogP contribution in [0.1, 0.15) is 11.7 Å². The van der Waals surface area contributed by atoms with Crippen LogP contribution in [0.3, 0.4) is 0 Å². The number of hydrogen-bond donors (Lipinski definition) is 3. The Morgan fingerprint density at radius 1 is 1.56 bits per heavy atom. The molecule has 9 nitrogen and oxygen atoms in total. The van der Waals surface area contributed by atoms with Crippen LogP contribution in [-0.4, -0.2) is 35.3 Å². The van der Waals surface area contributed by atoms with E-state index >= 15 is 0 Å². The highest BCUT2D eigenvalue weighted by Crippen LogP contribution is 2.13. The lowest BCUT2D eigenvalue weighted by atomic mass is 10.4. The minimum atomic E-state index is -3.67. The van der Waals surface area contributed by atoms with Gasteiger partial charge in [-0.2, -0.15) is 10.1 Å². The zero-order valence-corrected chi connectivity index (χ0v) is 10.4. The average Bonchev–Trinajstić information content (AvgIpc) is 2.87. The summed E-state index contributed by atoms with van der Waals surface area (Å²) in [6, 6.07) is 0. The highest BCUT2D eigenvalue weighted by atomic mass is 32.2. The van der Waals surface area contributed by atoms with Gasteiger partial charge in [-0.3, -0.25) is 5.10 Å². The molecule has 0 amide bonds. The van der Waals surface area contributed by atoms with Crippen LogP contribution in [0.2, 0.25) is 0 Å². The van der Waals surface area contributed by atoms with Crippen LogP contribution < -0.4 is 10.5 Å². The third-order valence-corrected chi connectivity index (χ3v) is 3.61. The van der Waals surface area contributed by atoms with Crippen LogP contribution in [0.15, 0.2) is 15.6 Å². The van der Waals surface area contributed by atoms with E-state index in [0.29, 0.717) is 18.1 Å². The number of aryl methyl sites for hydroxylation is 1. The fraction of sp³-hybridized carbons (Fsp3) is 0.375. The largest absolute Gasteiger partial charge is 0.383 e. The van der Waals surface area contributed by atoms with Gasteiger partial charge in [0.25, 0.3) is 0 Å². The van der Waals surface area contributed by atoms with Crippen molar-refractivity contribution in [2.75, 3.05) is 12.3 Å². The molecule has 0 aliphatic carbocycles. The van der Waals surface area contributed by atoms with E-state index in [-0.39, 0.29) is 17.3 Å². The molecule has 2 heterocycles. The van der Waals surface area contributed by atoms with Gasteiger partial charge in [0.05, 0.1) is 6.20 Å². The van der Waals surface area contributed by atoms with Gasteiger partial charge in [0.2, 0.25) is 15.9 Å². The van der Waals surface area contributed by atoms with E-state index in [2.05, 4.69) is 25.1 Å². The molecular weight excluding hydrogens is 260 g/mol. The van der Waals surface area contributed by atoms with Gasteiger partial charge in [-0.25, -0.2) is 13.1 Å². The van der Waals surface area contributed by atoms with Crippen LogP contribution in [-0.2, 0) is 16.4 Å². The lowest BCUT2D eigenvalue weighted by molar-refractivity contribution is 0.375. The zero-order valence-electron chi connectivity index (χ0n) is 9.54. The van der Waals surface area contributed by atoms with Gasteiger partial charge in [0, 0.05) is 13.0 Å².